The summed E-state index contributed by atoms with van der Waals surface area (Å²) in [6.07, 6.45) is 3.73. The van der Waals surface area contributed by atoms with E-state index in [1.165, 1.54) is 12.1 Å². The van der Waals surface area contributed by atoms with E-state index in [0.29, 0.717) is 17.1 Å². The van der Waals surface area contributed by atoms with E-state index in [-0.39, 0.29) is 24.3 Å². The van der Waals surface area contributed by atoms with Gasteiger partial charge in [0, 0.05) is 31.9 Å². The monoisotopic (exact) mass is 375 g/mol. The van der Waals surface area contributed by atoms with E-state index in [4.69, 9.17) is 17.3 Å². The van der Waals surface area contributed by atoms with Crippen molar-refractivity contribution in [3.8, 4) is 5.82 Å². The molecule has 0 aliphatic heterocycles. The van der Waals surface area contributed by atoms with Crippen molar-refractivity contribution >= 4 is 17.5 Å². The Morgan fingerprint density at radius 1 is 1.38 bits per heavy atom. The Balaban J connectivity index is 1.73. The fourth-order valence-electron chi connectivity index (χ4n) is 2.75. The smallest absolute Gasteiger partial charge is 0.253 e. The average Bonchev–Trinajstić information content (AvgIpc) is 3.19. The summed E-state index contributed by atoms with van der Waals surface area (Å²) in [5, 5.41) is 7.36. The SMILES string of the molecule is Cn1nccc1-n1cc(C(=O)N[C@H](CN)Cc2cccc(F)c2)cc1Cl. The summed E-state index contributed by atoms with van der Waals surface area (Å²) in [5.74, 6) is 0.133. The standard InChI is InChI=1S/C18H19ClFN5O/c1-24-17(5-6-22-24)25-11-13(9-16(25)19)18(26)23-15(10-21)8-12-3-2-4-14(20)7-12/h2-7,9,11,15H,8,10,21H2,1H3,(H,23,26)/t15-/m0/s1. The Labute approximate surface area is 155 Å². The van der Waals surface area contributed by atoms with Crippen LogP contribution in [0.25, 0.3) is 5.82 Å². The number of hydrogen-bond acceptors (Lipinski definition) is 3. The number of carbonyl (C=O) groups excluding carboxylic acids is 1. The number of rotatable bonds is 6. The van der Waals surface area contributed by atoms with Gasteiger partial charge in [0.2, 0.25) is 0 Å². The highest BCUT2D eigenvalue weighted by molar-refractivity contribution is 6.30. The quantitative estimate of drug-likeness (QED) is 0.694. The highest BCUT2D eigenvalue weighted by Gasteiger charge is 2.17. The molecule has 0 saturated carbocycles. The second-order valence-corrected chi connectivity index (χ2v) is 6.36. The number of amides is 1. The van der Waals surface area contributed by atoms with Crippen molar-refractivity contribution in [1.29, 1.82) is 0 Å². The minimum absolute atomic E-state index is 0.235. The fourth-order valence-corrected chi connectivity index (χ4v) is 3.00. The van der Waals surface area contributed by atoms with Gasteiger partial charge in [-0.3, -0.25) is 14.0 Å². The molecule has 3 aromatic rings. The highest BCUT2D eigenvalue weighted by Crippen LogP contribution is 2.20. The Hall–Kier alpha value is -2.64. The van der Waals surface area contributed by atoms with E-state index in [0.717, 1.165) is 11.4 Å². The van der Waals surface area contributed by atoms with E-state index < -0.39 is 0 Å². The van der Waals surface area contributed by atoms with Crippen LogP contribution >= 0.6 is 11.6 Å². The molecular formula is C18H19ClFN5O. The molecule has 2 heterocycles. The third-order valence-corrected chi connectivity index (χ3v) is 4.36. The molecule has 3 rings (SSSR count). The first-order chi connectivity index (χ1) is 12.5. The number of halogens is 2. The average molecular weight is 376 g/mol. The number of nitrogens with zero attached hydrogens (tertiary/aromatic N) is 3. The van der Waals surface area contributed by atoms with Crippen molar-refractivity contribution < 1.29 is 9.18 Å². The predicted molar refractivity (Wildman–Crippen MR) is 98.0 cm³/mol. The second kappa shape index (κ2) is 7.72. The third-order valence-electron chi connectivity index (χ3n) is 4.07. The first-order valence-electron chi connectivity index (χ1n) is 8.09. The van der Waals surface area contributed by atoms with Crippen molar-refractivity contribution in [2.75, 3.05) is 6.54 Å². The maximum atomic E-state index is 13.3. The Morgan fingerprint density at radius 2 is 2.19 bits per heavy atom. The summed E-state index contributed by atoms with van der Waals surface area (Å²) in [4.78, 5) is 12.6. The number of aromatic nitrogens is 3. The topological polar surface area (TPSA) is 77.9 Å². The molecule has 2 aromatic heterocycles. The van der Waals surface area contributed by atoms with E-state index >= 15 is 0 Å². The largest absolute Gasteiger partial charge is 0.348 e. The lowest BCUT2D eigenvalue weighted by Gasteiger charge is -2.16. The summed E-state index contributed by atoms with van der Waals surface area (Å²) in [7, 11) is 1.79. The van der Waals surface area contributed by atoms with Gasteiger partial charge < -0.3 is 11.1 Å². The van der Waals surface area contributed by atoms with Crippen LogP contribution in [-0.4, -0.2) is 32.8 Å². The van der Waals surface area contributed by atoms with Crippen LogP contribution in [0.4, 0.5) is 4.39 Å². The molecule has 0 aliphatic rings. The second-order valence-electron chi connectivity index (χ2n) is 5.97. The zero-order valence-corrected chi connectivity index (χ0v) is 14.9. The molecule has 8 heteroatoms. The lowest BCUT2D eigenvalue weighted by atomic mass is 10.1. The van der Waals surface area contributed by atoms with Crippen LogP contribution in [0.3, 0.4) is 0 Å². The number of carbonyl (C=O) groups is 1. The van der Waals surface area contributed by atoms with Gasteiger partial charge in [-0.25, -0.2) is 4.39 Å². The normalized spacial score (nSPS) is 12.2. The summed E-state index contributed by atoms with van der Waals surface area (Å²) < 4.78 is 16.6. The van der Waals surface area contributed by atoms with E-state index in [2.05, 4.69) is 10.4 Å². The van der Waals surface area contributed by atoms with Gasteiger partial charge in [0.1, 0.15) is 16.8 Å². The molecule has 1 atom stereocenters. The number of benzene rings is 1. The number of nitrogens with two attached hydrogens (primary N) is 1. The molecule has 6 nitrogen and oxygen atoms in total. The fraction of sp³-hybridized carbons (Fsp3) is 0.222. The predicted octanol–water partition coefficient (Wildman–Crippen LogP) is 2.30. The van der Waals surface area contributed by atoms with Crippen molar-refractivity contribution in [2.45, 2.75) is 12.5 Å². The van der Waals surface area contributed by atoms with Crippen LogP contribution in [0.1, 0.15) is 15.9 Å². The molecular weight excluding hydrogens is 357 g/mol. The Bertz CT molecular complexity index is 920. The maximum Gasteiger partial charge on any atom is 0.253 e. The minimum atomic E-state index is -0.317. The molecule has 0 spiro atoms. The zero-order chi connectivity index (χ0) is 18.7. The van der Waals surface area contributed by atoms with Crippen LogP contribution in [0.15, 0.2) is 48.8 Å². The van der Waals surface area contributed by atoms with Crippen LogP contribution < -0.4 is 11.1 Å². The molecule has 0 fully saturated rings. The van der Waals surface area contributed by atoms with Gasteiger partial charge >= 0.3 is 0 Å². The van der Waals surface area contributed by atoms with Crippen LogP contribution in [0.2, 0.25) is 5.15 Å². The van der Waals surface area contributed by atoms with Crippen molar-refractivity contribution in [1.82, 2.24) is 19.7 Å². The van der Waals surface area contributed by atoms with Crippen molar-refractivity contribution in [2.24, 2.45) is 12.8 Å². The van der Waals surface area contributed by atoms with Crippen LogP contribution in [-0.2, 0) is 13.5 Å². The van der Waals surface area contributed by atoms with E-state index in [9.17, 15) is 9.18 Å². The molecule has 1 aromatic carbocycles. The van der Waals surface area contributed by atoms with Crippen molar-refractivity contribution in [3.05, 3.63) is 70.9 Å². The summed E-state index contributed by atoms with van der Waals surface area (Å²) in [6.45, 7) is 0.235. The molecule has 1 amide bonds. The zero-order valence-electron chi connectivity index (χ0n) is 14.2. The van der Waals surface area contributed by atoms with Crippen LogP contribution in [0, 0.1) is 5.82 Å². The van der Waals surface area contributed by atoms with Gasteiger partial charge in [0.05, 0.1) is 11.8 Å². The van der Waals surface area contributed by atoms with E-state index in [1.54, 1.807) is 53.0 Å². The van der Waals surface area contributed by atoms with Gasteiger partial charge in [0.15, 0.2) is 0 Å². The lowest BCUT2D eigenvalue weighted by Crippen LogP contribution is -2.41. The maximum absolute atomic E-state index is 13.3. The minimum Gasteiger partial charge on any atom is -0.348 e. The van der Waals surface area contributed by atoms with Gasteiger partial charge in [-0.2, -0.15) is 5.10 Å². The summed E-state index contributed by atoms with van der Waals surface area (Å²) in [5.41, 5.74) is 6.95. The Kier molecular flexibility index (Phi) is 5.39. The van der Waals surface area contributed by atoms with Gasteiger partial charge in [-0.15, -0.1) is 0 Å². The highest BCUT2D eigenvalue weighted by atomic mass is 35.5. The van der Waals surface area contributed by atoms with Crippen molar-refractivity contribution in [3.63, 3.8) is 0 Å². The van der Waals surface area contributed by atoms with Gasteiger partial charge in [-0.05, 0) is 30.2 Å². The summed E-state index contributed by atoms with van der Waals surface area (Å²) in [6, 6.07) is 9.30. The molecule has 0 unspecified atom stereocenters. The number of nitrogens with one attached hydrogen (secondary N) is 1. The molecule has 3 N–H and O–H groups in total. The number of aryl methyl sites for hydroxylation is 1. The molecule has 0 radical (unpaired) electrons. The van der Waals surface area contributed by atoms with Gasteiger partial charge in [0.25, 0.3) is 5.91 Å². The molecule has 0 aliphatic carbocycles. The first kappa shape index (κ1) is 18.2. The molecule has 26 heavy (non-hydrogen) atoms. The van der Waals surface area contributed by atoms with E-state index in [1.807, 2.05) is 0 Å². The summed E-state index contributed by atoms with van der Waals surface area (Å²) >= 11 is 6.25. The third kappa shape index (κ3) is 3.95. The van der Waals surface area contributed by atoms with Crippen LogP contribution in [0.5, 0.6) is 0 Å². The first-order valence-corrected chi connectivity index (χ1v) is 8.47. The number of hydrogen-bond donors (Lipinski definition) is 2. The Morgan fingerprint density at radius 3 is 2.85 bits per heavy atom. The lowest BCUT2D eigenvalue weighted by molar-refractivity contribution is 0.0938. The molecule has 0 saturated heterocycles. The molecule has 136 valence electrons. The van der Waals surface area contributed by atoms with Gasteiger partial charge in [-0.1, -0.05) is 23.7 Å². The molecule has 0 bridgehead atoms.